The molecule has 2 heterocycles. The Balaban J connectivity index is 1.91. The lowest BCUT2D eigenvalue weighted by molar-refractivity contribution is 0.509. The average molecular weight is 324 g/mol. The number of imidazole rings is 1. The molecule has 0 saturated heterocycles. The Kier molecular flexibility index (Phi) is 3.37. The van der Waals surface area contributed by atoms with Gasteiger partial charge in [-0.2, -0.15) is 5.10 Å². The van der Waals surface area contributed by atoms with E-state index >= 15 is 0 Å². The average Bonchev–Trinajstić information content (AvgIpc) is 3.22. The van der Waals surface area contributed by atoms with Crippen LogP contribution in [-0.2, 0) is 6.42 Å². The second-order valence-corrected chi connectivity index (χ2v) is 5.56. The van der Waals surface area contributed by atoms with Crippen LogP contribution in [0, 0.1) is 11.6 Å². The van der Waals surface area contributed by atoms with Gasteiger partial charge >= 0.3 is 0 Å². The fourth-order valence-corrected chi connectivity index (χ4v) is 2.74. The van der Waals surface area contributed by atoms with Crippen molar-refractivity contribution < 1.29 is 8.78 Å². The monoisotopic (exact) mass is 324 g/mol. The van der Waals surface area contributed by atoms with Crippen molar-refractivity contribution in [3.63, 3.8) is 0 Å². The Bertz CT molecular complexity index is 1030. The van der Waals surface area contributed by atoms with Gasteiger partial charge < -0.3 is 4.98 Å². The third-order valence-corrected chi connectivity index (χ3v) is 4.01. The van der Waals surface area contributed by atoms with E-state index in [1.54, 1.807) is 6.20 Å². The van der Waals surface area contributed by atoms with Crippen LogP contribution in [0.15, 0.2) is 42.6 Å². The number of rotatable bonds is 3. The van der Waals surface area contributed by atoms with Crippen molar-refractivity contribution in [1.29, 1.82) is 0 Å². The number of aryl methyl sites for hydroxylation is 1. The number of hydrogen-bond acceptors (Lipinski definition) is 2. The third kappa shape index (κ3) is 2.36. The van der Waals surface area contributed by atoms with Crippen LogP contribution in [0.1, 0.15) is 12.7 Å². The zero-order chi connectivity index (χ0) is 16.7. The molecule has 0 atom stereocenters. The van der Waals surface area contributed by atoms with E-state index in [4.69, 9.17) is 0 Å². The molecule has 0 amide bonds. The smallest absolute Gasteiger partial charge is 0.159 e. The molecule has 24 heavy (non-hydrogen) atoms. The van der Waals surface area contributed by atoms with Crippen LogP contribution in [0.5, 0.6) is 0 Å². The molecular weight excluding hydrogens is 310 g/mol. The number of nitrogens with zero attached hydrogens (tertiary/aromatic N) is 2. The first-order chi connectivity index (χ1) is 11.7. The molecule has 0 radical (unpaired) electrons. The molecule has 0 unspecified atom stereocenters. The second-order valence-electron chi connectivity index (χ2n) is 5.56. The van der Waals surface area contributed by atoms with Crippen molar-refractivity contribution in [1.82, 2.24) is 20.2 Å². The van der Waals surface area contributed by atoms with Gasteiger partial charge in [-0.15, -0.1) is 0 Å². The second kappa shape index (κ2) is 5.56. The van der Waals surface area contributed by atoms with E-state index < -0.39 is 11.6 Å². The number of fused-ring (bicyclic) bond motifs is 1. The van der Waals surface area contributed by atoms with E-state index in [0.717, 1.165) is 34.1 Å². The highest BCUT2D eigenvalue weighted by Gasteiger charge is 2.16. The lowest BCUT2D eigenvalue weighted by Gasteiger charge is -2.04. The zero-order valence-corrected chi connectivity index (χ0v) is 12.9. The van der Waals surface area contributed by atoms with Crippen LogP contribution in [0.3, 0.4) is 0 Å². The van der Waals surface area contributed by atoms with Gasteiger partial charge in [0, 0.05) is 22.9 Å². The SMILES string of the molecule is CCc1nc(-c2ccc(F)c(F)c2)c(-c2ccc3cn[nH]c3c2)[nH]1. The van der Waals surface area contributed by atoms with Gasteiger partial charge in [-0.1, -0.05) is 19.1 Å². The first kappa shape index (κ1) is 14.6. The zero-order valence-electron chi connectivity index (χ0n) is 12.9. The topological polar surface area (TPSA) is 57.4 Å². The molecule has 4 nitrogen and oxygen atoms in total. The van der Waals surface area contributed by atoms with Crippen LogP contribution in [0.4, 0.5) is 8.78 Å². The molecule has 2 N–H and O–H groups in total. The molecule has 0 aliphatic heterocycles. The number of aromatic nitrogens is 4. The van der Waals surface area contributed by atoms with Crippen LogP contribution < -0.4 is 0 Å². The van der Waals surface area contributed by atoms with Crippen LogP contribution in [0.25, 0.3) is 33.4 Å². The molecule has 0 aliphatic carbocycles. The molecule has 0 aliphatic rings. The van der Waals surface area contributed by atoms with Gasteiger partial charge in [0.05, 0.1) is 23.1 Å². The summed E-state index contributed by atoms with van der Waals surface area (Å²) in [6.07, 6.45) is 2.46. The lowest BCUT2D eigenvalue weighted by Crippen LogP contribution is -1.88. The molecule has 4 rings (SSSR count). The predicted octanol–water partition coefficient (Wildman–Crippen LogP) is 4.46. The third-order valence-electron chi connectivity index (χ3n) is 4.01. The number of halogens is 2. The Morgan fingerprint density at radius 2 is 1.83 bits per heavy atom. The van der Waals surface area contributed by atoms with Gasteiger partial charge in [0.2, 0.25) is 0 Å². The minimum absolute atomic E-state index is 0.532. The van der Waals surface area contributed by atoms with E-state index in [-0.39, 0.29) is 0 Å². The molecule has 120 valence electrons. The molecule has 0 fully saturated rings. The van der Waals surface area contributed by atoms with Crippen molar-refractivity contribution in [2.75, 3.05) is 0 Å². The normalized spacial score (nSPS) is 11.3. The van der Waals surface area contributed by atoms with Crippen LogP contribution >= 0.6 is 0 Å². The summed E-state index contributed by atoms with van der Waals surface area (Å²) in [4.78, 5) is 7.82. The molecule has 2 aromatic carbocycles. The summed E-state index contributed by atoms with van der Waals surface area (Å²) in [5.74, 6) is -0.969. The fourth-order valence-electron chi connectivity index (χ4n) is 2.74. The van der Waals surface area contributed by atoms with Gasteiger partial charge in [-0.05, 0) is 24.3 Å². The summed E-state index contributed by atoms with van der Waals surface area (Å²) in [7, 11) is 0. The van der Waals surface area contributed by atoms with E-state index in [9.17, 15) is 8.78 Å². The Morgan fingerprint density at radius 3 is 2.62 bits per heavy atom. The first-order valence-electron chi connectivity index (χ1n) is 7.63. The fraction of sp³-hybridized carbons (Fsp3) is 0.111. The molecule has 6 heteroatoms. The molecule has 2 aromatic heterocycles. The van der Waals surface area contributed by atoms with Gasteiger partial charge in [0.15, 0.2) is 11.6 Å². The van der Waals surface area contributed by atoms with Gasteiger partial charge in [0.25, 0.3) is 0 Å². The van der Waals surface area contributed by atoms with E-state index in [0.29, 0.717) is 17.7 Å². The molecule has 0 bridgehead atoms. The van der Waals surface area contributed by atoms with E-state index in [2.05, 4.69) is 20.2 Å². The van der Waals surface area contributed by atoms with Crippen molar-refractivity contribution in [2.45, 2.75) is 13.3 Å². The first-order valence-corrected chi connectivity index (χ1v) is 7.63. The van der Waals surface area contributed by atoms with E-state index in [1.807, 2.05) is 25.1 Å². The molecule has 0 saturated carbocycles. The minimum Gasteiger partial charge on any atom is -0.341 e. The van der Waals surface area contributed by atoms with Crippen molar-refractivity contribution in [3.05, 3.63) is 60.1 Å². The summed E-state index contributed by atoms with van der Waals surface area (Å²) in [6.45, 7) is 1.98. The lowest BCUT2D eigenvalue weighted by atomic mass is 10.0. The molecule has 0 spiro atoms. The number of aromatic amines is 2. The highest BCUT2D eigenvalue weighted by atomic mass is 19.2. The molecule has 4 aromatic rings. The highest BCUT2D eigenvalue weighted by molar-refractivity contribution is 5.86. The summed E-state index contributed by atoms with van der Waals surface area (Å²) in [5, 5.41) is 7.95. The van der Waals surface area contributed by atoms with Gasteiger partial charge in [0.1, 0.15) is 5.82 Å². The van der Waals surface area contributed by atoms with Crippen molar-refractivity contribution in [2.24, 2.45) is 0 Å². The van der Waals surface area contributed by atoms with Crippen LogP contribution in [0.2, 0.25) is 0 Å². The van der Waals surface area contributed by atoms with Crippen LogP contribution in [-0.4, -0.2) is 20.2 Å². The summed E-state index contributed by atoms with van der Waals surface area (Å²) in [5.41, 5.74) is 3.71. The summed E-state index contributed by atoms with van der Waals surface area (Å²) < 4.78 is 26.9. The number of nitrogens with one attached hydrogen (secondary N) is 2. The van der Waals surface area contributed by atoms with E-state index in [1.165, 1.54) is 12.1 Å². The van der Waals surface area contributed by atoms with Crippen molar-refractivity contribution in [3.8, 4) is 22.5 Å². The number of H-pyrrole nitrogens is 2. The highest BCUT2D eigenvalue weighted by Crippen LogP contribution is 2.32. The van der Waals surface area contributed by atoms with Gasteiger partial charge in [-0.25, -0.2) is 13.8 Å². The number of hydrogen-bond donors (Lipinski definition) is 2. The number of benzene rings is 2. The Labute approximate surface area is 136 Å². The quantitative estimate of drug-likeness (QED) is 0.584. The Hall–Kier alpha value is -3.02. The Morgan fingerprint density at radius 1 is 1.00 bits per heavy atom. The van der Waals surface area contributed by atoms with Gasteiger partial charge in [-0.3, -0.25) is 5.10 Å². The maximum atomic E-state index is 13.6. The predicted molar refractivity (Wildman–Crippen MR) is 88.4 cm³/mol. The largest absolute Gasteiger partial charge is 0.341 e. The maximum absolute atomic E-state index is 13.6. The summed E-state index contributed by atoms with van der Waals surface area (Å²) in [6, 6.07) is 9.69. The maximum Gasteiger partial charge on any atom is 0.159 e. The molecular formula is C18H14F2N4. The minimum atomic E-state index is -0.886. The van der Waals surface area contributed by atoms with Crippen molar-refractivity contribution >= 4 is 10.9 Å². The summed E-state index contributed by atoms with van der Waals surface area (Å²) >= 11 is 0. The standard InChI is InChI=1S/C18H14F2N4/c1-2-16-22-17(10-5-6-13(19)14(20)7-10)18(23-16)11-3-4-12-9-21-24-15(12)8-11/h3-9H,2H2,1H3,(H,21,24)(H,22,23).